The number of quaternary nitrogens is 2. The number of benzene rings is 1. The fourth-order valence-electron chi connectivity index (χ4n) is 5.93. The number of rotatable bonds is 2. The first-order valence-electron chi connectivity index (χ1n) is 11.0. The number of hydrogen-bond acceptors (Lipinski definition) is 2. The van der Waals surface area contributed by atoms with Crippen molar-refractivity contribution < 1.29 is 9.80 Å². The quantitative estimate of drug-likeness (QED) is 0.762. The van der Waals surface area contributed by atoms with Crippen LogP contribution in [0.4, 0.5) is 0 Å². The molecule has 2 fully saturated rings. The Morgan fingerprint density at radius 1 is 1.14 bits per heavy atom. The van der Waals surface area contributed by atoms with Gasteiger partial charge in [0.2, 0.25) is 0 Å². The summed E-state index contributed by atoms with van der Waals surface area (Å²) in [5.41, 5.74) is 3.50. The van der Waals surface area contributed by atoms with Gasteiger partial charge in [-0.15, -0.1) is 0 Å². The number of hydrogen-bond donors (Lipinski definition) is 2. The summed E-state index contributed by atoms with van der Waals surface area (Å²) >= 11 is 0. The Morgan fingerprint density at radius 2 is 1.97 bits per heavy atom. The van der Waals surface area contributed by atoms with Crippen LogP contribution in [0.5, 0.6) is 0 Å². The van der Waals surface area contributed by atoms with Crippen molar-refractivity contribution in [2.45, 2.75) is 37.8 Å². The lowest BCUT2D eigenvalue weighted by atomic mass is 9.81. The summed E-state index contributed by atoms with van der Waals surface area (Å²) in [4.78, 5) is 16.8. The van der Waals surface area contributed by atoms with E-state index in [1.165, 1.54) is 51.1 Å². The molecule has 1 unspecified atom stereocenters. The summed E-state index contributed by atoms with van der Waals surface area (Å²) in [6.45, 7) is 5.82. The molecule has 5 heteroatoms. The first-order valence-corrected chi connectivity index (χ1v) is 11.0. The van der Waals surface area contributed by atoms with E-state index in [4.69, 9.17) is 0 Å². The van der Waals surface area contributed by atoms with Crippen LogP contribution < -0.4 is 15.4 Å². The molecule has 4 heterocycles. The van der Waals surface area contributed by atoms with Gasteiger partial charge < -0.3 is 14.4 Å². The number of nitrogens with one attached hydrogen (secondary N) is 2. The Kier molecular flexibility index (Phi) is 4.77. The van der Waals surface area contributed by atoms with E-state index in [1.807, 2.05) is 28.8 Å². The second kappa shape index (κ2) is 7.44. The monoisotopic (exact) mass is 390 g/mol. The average Bonchev–Trinajstić information content (AvgIpc) is 2.75. The molecule has 1 aromatic heterocycles. The van der Waals surface area contributed by atoms with Crippen LogP contribution in [0.2, 0.25) is 0 Å². The van der Waals surface area contributed by atoms with Crippen molar-refractivity contribution in [2.75, 3.05) is 33.2 Å². The lowest BCUT2D eigenvalue weighted by Crippen LogP contribution is -3.21. The van der Waals surface area contributed by atoms with Crippen LogP contribution in [-0.4, -0.2) is 43.8 Å². The summed E-state index contributed by atoms with van der Waals surface area (Å²) in [6.07, 6.45) is 3.90. The summed E-state index contributed by atoms with van der Waals surface area (Å²) in [5, 5.41) is 9.19. The molecule has 0 radical (unpaired) electrons. The molecule has 29 heavy (non-hydrogen) atoms. The van der Waals surface area contributed by atoms with Crippen molar-refractivity contribution in [3.8, 4) is 17.2 Å². The van der Waals surface area contributed by atoms with Crippen molar-refractivity contribution in [2.24, 2.45) is 5.92 Å². The largest absolute Gasteiger partial charge is 0.337 e. The molecule has 5 nitrogen and oxygen atoms in total. The molecule has 3 aliphatic heterocycles. The average molecular weight is 391 g/mol. The van der Waals surface area contributed by atoms with Crippen molar-refractivity contribution in [1.29, 1.82) is 5.26 Å². The van der Waals surface area contributed by atoms with Crippen molar-refractivity contribution >= 4 is 0 Å². The minimum Gasteiger partial charge on any atom is -0.337 e. The molecular formula is C24H30N4O+2. The smallest absolute Gasteiger partial charge is 0.258 e. The maximum absolute atomic E-state index is 13.3. The van der Waals surface area contributed by atoms with Crippen molar-refractivity contribution in [1.82, 2.24) is 4.57 Å². The second-order valence-electron chi connectivity index (χ2n) is 9.38. The highest BCUT2D eigenvalue weighted by molar-refractivity contribution is 5.64. The van der Waals surface area contributed by atoms with Gasteiger partial charge in [-0.05, 0) is 36.2 Å². The van der Waals surface area contributed by atoms with Gasteiger partial charge in [-0.1, -0.05) is 12.1 Å². The van der Waals surface area contributed by atoms with Gasteiger partial charge in [0.25, 0.3) is 5.56 Å². The third-order valence-electron chi connectivity index (χ3n) is 7.46. The van der Waals surface area contributed by atoms with E-state index >= 15 is 0 Å². The van der Waals surface area contributed by atoms with E-state index < -0.39 is 0 Å². The fraction of sp³-hybridized carbons (Fsp3) is 0.500. The minimum absolute atomic E-state index is 0.110. The van der Waals surface area contributed by atoms with E-state index in [-0.39, 0.29) is 5.56 Å². The molecule has 0 saturated carbocycles. The third kappa shape index (κ3) is 3.41. The number of nitriles is 1. The molecule has 0 spiro atoms. The number of piperidine rings is 2. The van der Waals surface area contributed by atoms with Gasteiger partial charge in [-0.2, -0.15) is 5.26 Å². The first kappa shape index (κ1) is 18.6. The Labute approximate surface area is 172 Å². The highest BCUT2D eigenvalue weighted by atomic mass is 16.1. The fourth-order valence-corrected chi connectivity index (χ4v) is 5.93. The van der Waals surface area contributed by atoms with Crippen LogP contribution in [0.25, 0.3) is 11.1 Å². The molecule has 2 aromatic rings. The van der Waals surface area contributed by atoms with Crippen LogP contribution in [0.3, 0.4) is 0 Å². The van der Waals surface area contributed by atoms with Gasteiger partial charge in [0.05, 0.1) is 50.9 Å². The number of likely N-dealkylation sites (tertiary alicyclic amines) is 2. The van der Waals surface area contributed by atoms with E-state index in [0.29, 0.717) is 23.0 Å². The molecule has 5 rings (SSSR count). The zero-order valence-electron chi connectivity index (χ0n) is 17.2. The molecule has 0 aliphatic carbocycles. The van der Waals surface area contributed by atoms with Gasteiger partial charge in [0, 0.05) is 42.5 Å². The Hall–Kier alpha value is -2.42. The Morgan fingerprint density at radius 3 is 2.76 bits per heavy atom. The SMILES string of the molecule is C[NH+]1CCC([NH+]2C[C@@H]3C[C@H](C2)c2ccc(-c4cccc(C#N)c4)c(=O)n2C3)CC1. The molecule has 2 N–H and O–H groups in total. The zero-order chi connectivity index (χ0) is 20.0. The van der Waals surface area contributed by atoms with Crippen LogP contribution in [0, 0.1) is 17.2 Å². The predicted octanol–water partition coefficient (Wildman–Crippen LogP) is 0.0661. The highest BCUT2D eigenvalue weighted by Crippen LogP contribution is 2.32. The molecule has 3 atom stereocenters. The van der Waals surface area contributed by atoms with Crippen molar-refractivity contribution in [3.63, 3.8) is 0 Å². The van der Waals surface area contributed by atoms with Gasteiger partial charge in [0.15, 0.2) is 0 Å². The molecule has 2 saturated heterocycles. The third-order valence-corrected chi connectivity index (χ3v) is 7.46. The van der Waals surface area contributed by atoms with Gasteiger partial charge in [0.1, 0.15) is 0 Å². The van der Waals surface area contributed by atoms with Crippen molar-refractivity contribution in [3.05, 3.63) is 58.0 Å². The summed E-state index contributed by atoms with van der Waals surface area (Å²) in [5.74, 6) is 1.10. The Balaban J connectivity index is 1.44. The van der Waals surface area contributed by atoms with E-state index in [1.54, 1.807) is 15.9 Å². The lowest BCUT2D eigenvalue weighted by Gasteiger charge is -2.44. The summed E-state index contributed by atoms with van der Waals surface area (Å²) in [7, 11) is 2.31. The number of pyridine rings is 1. The second-order valence-corrected chi connectivity index (χ2v) is 9.38. The topological polar surface area (TPSA) is 54.7 Å². The molecule has 2 bridgehead atoms. The van der Waals surface area contributed by atoms with Gasteiger partial charge in [-0.3, -0.25) is 4.79 Å². The maximum atomic E-state index is 13.3. The van der Waals surface area contributed by atoms with E-state index in [2.05, 4.69) is 19.2 Å². The normalized spacial score (nSPS) is 31.0. The number of nitrogens with zero attached hydrogens (tertiary/aromatic N) is 2. The molecular weight excluding hydrogens is 360 g/mol. The highest BCUT2D eigenvalue weighted by Gasteiger charge is 2.41. The molecule has 150 valence electrons. The van der Waals surface area contributed by atoms with Crippen LogP contribution in [-0.2, 0) is 6.54 Å². The number of aromatic nitrogens is 1. The molecule has 1 aromatic carbocycles. The molecule has 0 amide bonds. The van der Waals surface area contributed by atoms with Crippen LogP contribution >= 0.6 is 0 Å². The Bertz CT molecular complexity index is 1010. The van der Waals surface area contributed by atoms with Gasteiger partial charge >= 0.3 is 0 Å². The standard InChI is InChI=1S/C24H28N4O/c1-26-9-7-21(8-10-26)27-14-18-12-20(16-27)23-6-5-22(24(29)28(23)15-18)19-4-2-3-17(11-19)13-25/h2-6,11,18,20-21H,7-10,12,14-16H2,1H3/p+2/t18-,20+/m0/s1. The minimum atomic E-state index is 0.110. The molecule has 3 aliphatic rings. The summed E-state index contributed by atoms with van der Waals surface area (Å²) < 4.78 is 2.04. The van der Waals surface area contributed by atoms with Gasteiger partial charge in [-0.25, -0.2) is 0 Å². The lowest BCUT2D eigenvalue weighted by molar-refractivity contribution is -0.959. The first-order chi connectivity index (χ1) is 14.1. The summed E-state index contributed by atoms with van der Waals surface area (Å²) in [6, 6.07) is 14.5. The van der Waals surface area contributed by atoms with E-state index in [9.17, 15) is 10.1 Å². The predicted molar refractivity (Wildman–Crippen MR) is 112 cm³/mol. The van der Waals surface area contributed by atoms with Crippen LogP contribution in [0.1, 0.15) is 36.4 Å². The zero-order valence-corrected chi connectivity index (χ0v) is 17.2. The maximum Gasteiger partial charge on any atom is 0.258 e. The van der Waals surface area contributed by atoms with E-state index in [0.717, 1.165) is 18.2 Å². The van der Waals surface area contributed by atoms with Crippen LogP contribution in [0.15, 0.2) is 41.2 Å². The number of fused-ring (bicyclic) bond motifs is 4.